The Bertz CT molecular complexity index is 704. The number of hydrogen-bond donors (Lipinski definition) is 2. The van der Waals surface area contributed by atoms with Crippen LogP contribution >= 0.6 is 11.6 Å². The molecule has 1 aromatic heterocycles. The van der Waals surface area contributed by atoms with Crippen molar-refractivity contribution in [1.82, 2.24) is 10.3 Å². The lowest BCUT2D eigenvalue weighted by Gasteiger charge is -2.10. The molecule has 6 heteroatoms. The highest BCUT2D eigenvalue weighted by atomic mass is 35.5. The molecule has 1 heterocycles. The maximum absolute atomic E-state index is 12.2. The van der Waals surface area contributed by atoms with Gasteiger partial charge in [0.15, 0.2) is 0 Å². The van der Waals surface area contributed by atoms with Crippen LogP contribution in [0.25, 0.3) is 0 Å². The molecule has 5 nitrogen and oxygen atoms in total. The Balaban J connectivity index is 2.04. The highest BCUT2D eigenvalue weighted by Gasteiger charge is 2.08. The Morgan fingerprint density at radius 3 is 2.75 bits per heavy atom. The molecule has 2 aromatic rings. The molecule has 2 rings (SSSR count). The topological polar surface area (TPSA) is 63.2 Å². The quantitative estimate of drug-likeness (QED) is 0.785. The van der Waals surface area contributed by atoms with Crippen molar-refractivity contribution in [1.29, 1.82) is 0 Å². The zero-order chi connectivity index (χ0) is 17.5. The summed E-state index contributed by atoms with van der Waals surface area (Å²) in [6.45, 7) is 4.91. The number of halogens is 1. The van der Waals surface area contributed by atoms with Gasteiger partial charge in [-0.15, -0.1) is 0 Å². The predicted molar refractivity (Wildman–Crippen MR) is 97.3 cm³/mol. The Labute approximate surface area is 147 Å². The molecule has 2 N–H and O–H groups in total. The molecule has 0 bridgehead atoms. The zero-order valence-electron chi connectivity index (χ0n) is 14.1. The van der Waals surface area contributed by atoms with Gasteiger partial charge in [0.1, 0.15) is 11.6 Å². The molecular weight excluding hydrogens is 326 g/mol. The normalized spacial score (nSPS) is 10.5. The third kappa shape index (κ3) is 5.13. The van der Waals surface area contributed by atoms with Gasteiger partial charge >= 0.3 is 0 Å². The molecule has 1 amide bonds. The number of rotatable bonds is 7. The predicted octanol–water partition coefficient (Wildman–Crippen LogP) is 4.26. The van der Waals surface area contributed by atoms with Crippen molar-refractivity contribution >= 4 is 29.0 Å². The second kappa shape index (κ2) is 8.55. The largest absolute Gasteiger partial charge is 0.495 e. The van der Waals surface area contributed by atoms with Crippen molar-refractivity contribution in [2.75, 3.05) is 19.0 Å². The van der Waals surface area contributed by atoms with Crippen LogP contribution in [0.5, 0.6) is 5.75 Å². The van der Waals surface area contributed by atoms with Crippen LogP contribution in [0.2, 0.25) is 5.02 Å². The van der Waals surface area contributed by atoms with Crippen molar-refractivity contribution < 1.29 is 9.53 Å². The SMILES string of the molecule is COc1ccc(Nc2cc(C(=O)NCCC(C)C)ccn2)cc1Cl. The Morgan fingerprint density at radius 1 is 1.29 bits per heavy atom. The average Bonchev–Trinajstić information content (AvgIpc) is 2.55. The van der Waals surface area contributed by atoms with Crippen LogP contribution in [0, 0.1) is 5.92 Å². The van der Waals surface area contributed by atoms with Gasteiger partial charge in [0.2, 0.25) is 0 Å². The molecule has 0 saturated carbocycles. The van der Waals surface area contributed by atoms with Gasteiger partial charge < -0.3 is 15.4 Å². The van der Waals surface area contributed by atoms with E-state index >= 15 is 0 Å². The van der Waals surface area contributed by atoms with Crippen molar-refractivity contribution in [3.8, 4) is 5.75 Å². The molecule has 128 valence electrons. The summed E-state index contributed by atoms with van der Waals surface area (Å²) in [5.41, 5.74) is 1.33. The second-order valence-corrected chi connectivity index (χ2v) is 6.25. The molecule has 0 aliphatic heterocycles. The molecule has 0 aliphatic rings. The summed E-state index contributed by atoms with van der Waals surface area (Å²) in [4.78, 5) is 16.4. The van der Waals surface area contributed by atoms with E-state index in [0.29, 0.717) is 34.6 Å². The van der Waals surface area contributed by atoms with Gasteiger partial charge in [-0.05, 0) is 42.7 Å². The molecule has 0 fully saturated rings. The van der Waals surface area contributed by atoms with E-state index in [9.17, 15) is 4.79 Å². The summed E-state index contributed by atoms with van der Waals surface area (Å²) in [5.74, 6) is 1.63. The van der Waals surface area contributed by atoms with Crippen LogP contribution < -0.4 is 15.4 Å². The zero-order valence-corrected chi connectivity index (χ0v) is 14.9. The van der Waals surface area contributed by atoms with Crippen molar-refractivity contribution in [2.24, 2.45) is 5.92 Å². The third-order valence-corrected chi connectivity index (χ3v) is 3.75. The molecule has 0 aliphatic carbocycles. The minimum absolute atomic E-state index is 0.103. The Morgan fingerprint density at radius 2 is 2.08 bits per heavy atom. The van der Waals surface area contributed by atoms with Crippen LogP contribution in [-0.4, -0.2) is 24.5 Å². The fourth-order valence-corrected chi connectivity index (χ4v) is 2.37. The van der Waals surface area contributed by atoms with Crippen LogP contribution in [0.1, 0.15) is 30.6 Å². The molecular formula is C18H22ClN3O2. The summed E-state index contributed by atoms with van der Waals surface area (Å²) in [6.07, 6.45) is 2.55. The summed E-state index contributed by atoms with van der Waals surface area (Å²) in [5, 5.41) is 6.55. The van der Waals surface area contributed by atoms with Crippen LogP contribution in [0.3, 0.4) is 0 Å². The van der Waals surface area contributed by atoms with Crippen LogP contribution in [0.4, 0.5) is 11.5 Å². The van der Waals surface area contributed by atoms with E-state index in [1.165, 1.54) is 0 Å². The van der Waals surface area contributed by atoms with Gasteiger partial charge in [-0.3, -0.25) is 4.79 Å². The second-order valence-electron chi connectivity index (χ2n) is 5.84. The maximum Gasteiger partial charge on any atom is 0.251 e. The standard InChI is InChI=1S/C18H22ClN3O2/c1-12(2)6-8-21-18(23)13-7-9-20-17(10-13)22-14-4-5-16(24-3)15(19)11-14/h4-5,7,9-12H,6,8H2,1-3H3,(H,20,22)(H,21,23). The number of nitrogens with zero attached hydrogens (tertiary/aromatic N) is 1. The first-order valence-corrected chi connectivity index (χ1v) is 8.22. The van der Waals surface area contributed by atoms with E-state index in [4.69, 9.17) is 16.3 Å². The average molecular weight is 348 g/mol. The Hall–Kier alpha value is -2.27. The van der Waals surface area contributed by atoms with E-state index in [0.717, 1.165) is 12.1 Å². The number of nitrogens with one attached hydrogen (secondary N) is 2. The van der Waals surface area contributed by atoms with Gasteiger partial charge in [0.25, 0.3) is 5.91 Å². The first kappa shape index (κ1) is 18.1. The number of carbonyl (C=O) groups excluding carboxylic acids is 1. The number of amides is 1. The number of hydrogen-bond acceptors (Lipinski definition) is 4. The molecule has 0 atom stereocenters. The number of benzene rings is 1. The number of pyridine rings is 1. The number of carbonyl (C=O) groups is 1. The minimum atomic E-state index is -0.103. The summed E-state index contributed by atoms with van der Waals surface area (Å²) in [6, 6.07) is 8.76. The molecule has 24 heavy (non-hydrogen) atoms. The molecule has 0 radical (unpaired) electrons. The van der Waals surface area contributed by atoms with Crippen LogP contribution in [-0.2, 0) is 0 Å². The van der Waals surface area contributed by atoms with Gasteiger partial charge in [0.05, 0.1) is 12.1 Å². The highest BCUT2D eigenvalue weighted by Crippen LogP contribution is 2.28. The maximum atomic E-state index is 12.2. The monoisotopic (exact) mass is 347 g/mol. The minimum Gasteiger partial charge on any atom is -0.495 e. The summed E-state index contributed by atoms with van der Waals surface area (Å²) < 4.78 is 5.13. The van der Waals surface area contributed by atoms with Gasteiger partial charge in [-0.1, -0.05) is 25.4 Å². The first-order valence-electron chi connectivity index (χ1n) is 7.84. The van der Waals surface area contributed by atoms with Gasteiger partial charge in [-0.2, -0.15) is 0 Å². The lowest BCUT2D eigenvalue weighted by atomic mass is 10.1. The summed E-state index contributed by atoms with van der Waals surface area (Å²) >= 11 is 6.11. The number of methoxy groups -OCH3 is 1. The summed E-state index contributed by atoms with van der Waals surface area (Å²) in [7, 11) is 1.57. The Kier molecular flexibility index (Phi) is 6.44. The van der Waals surface area contributed by atoms with E-state index in [2.05, 4.69) is 29.5 Å². The lowest BCUT2D eigenvalue weighted by molar-refractivity contribution is 0.0952. The van der Waals surface area contributed by atoms with Crippen LogP contribution in [0.15, 0.2) is 36.5 Å². The fourth-order valence-electron chi connectivity index (χ4n) is 2.11. The molecule has 0 saturated heterocycles. The van der Waals surface area contributed by atoms with E-state index < -0.39 is 0 Å². The lowest BCUT2D eigenvalue weighted by Crippen LogP contribution is -2.25. The fraction of sp³-hybridized carbons (Fsp3) is 0.333. The first-order chi connectivity index (χ1) is 11.5. The third-order valence-electron chi connectivity index (χ3n) is 3.45. The van der Waals surface area contributed by atoms with Crippen molar-refractivity contribution in [3.63, 3.8) is 0 Å². The molecule has 0 spiro atoms. The van der Waals surface area contributed by atoms with Crippen molar-refractivity contribution in [2.45, 2.75) is 20.3 Å². The highest BCUT2D eigenvalue weighted by molar-refractivity contribution is 6.32. The van der Waals surface area contributed by atoms with Gasteiger partial charge in [0, 0.05) is 24.0 Å². The van der Waals surface area contributed by atoms with Gasteiger partial charge in [-0.25, -0.2) is 4.98 Å². The van der Waals surface area contributed by atoms with E-state index in [1.807, 2.05) is 6.07 Å². The molecule has 0 unspecified atom stereocenters. The van der Waals surface area contributed by atoms with E-state index in [-0.39, 0.29) is 5.91 Å². The van der Waals surface area contributed by atoms with Crippen molar-refractivity contribution in [3.05, 3.63) is 47.1 Å². The number of ether oxygens (including phenoxy) is 1. The smallest absolute Gasteiger partial charge is 0.251 e. The number of anilines is 2. The number of aromatic nitrogens is 1. The van der Waals surface area contributed by atoms with E-state index in [1.54, 1.807) is 37.6 Å². The molecule has 1 aromatic carbocycles.